The second-order valence-electron chi connectivity index (χ2n) is 3.97. The third-order valence-electron chi connectivity index (χ3n) is 2.78. The van der Waals surface area contributed by atoms with E-state index in [1.807, 2.05) is 20.9 Å². The second kappa shape index (κ2) is 3.00. The van der Waals surface area contributed by atoms with Gasteiger partial charge in [-0.1, -0.05) is 0 Å². The first-order valence-corrected chi connectivity index (χ1v) is 6.02. The zero-order chi connectivity index (χ0) is 9.41. The molecule has 1 heterocycles. The van der Waals surface area contributed by atoms with Crippen LogP contribution in [0.5, 0.6) is 0 Å². The van der Waals surface area contributed by atoms with Gasteiger partial charge in [0.05, 0.1) is 11.0 Å². The lowest BCUT2D eigenvalue weighted by Crippen LogP contribution is -2.49. The molecular formula is C8H17NO2S. The predicted molar refractivity (Wildman–Crippen MR) is 49.9 cm³/mol. The van der Waals surface area contributed by atoms with Gasteiger partial charge in [0.25, 0.3) is 0 Å². The van der Waals surface area contributed by atoms with Gasteiger partial charge < -0.3 is 5.32 Å². The quantitative estimate of drug-likeness (QED) is 0.694. The highest BCUT2D eigenvalue weighted by Gasteiger charge is 2.41. The van der Waals surface area contributed by atoms with Crippen LogP contribution in [0, 0.1) is 0 Å². The molecule has 4 heteroatoms. The third-order valence-corrected chi connectivity index (χ3v) is 5.33. The zero-order valence-corrected chi connectivity index (χ0v) is 8.74. The van der Waals surface area contributed by atoms with Gasteiger partial charge in [0.15, 0.2) is 9.84 Å². The highest BCUT2D eigenvalue weighted by atomic mass is 32.2. The average Bonchev–Trinajstić information content (AvgIpc) is 2.30. The highest BCUT2D eigenvalue weighted by molar-refractivity contribution is 7.92. The standard InChI is InChI=1S/C8H17NO2S/c1-8(2,9-3)7-5-4-6-12(7,10)11/h7,9H,4-6H2,1-3H3. The molecule has 1 atom stereocenters. The van der Waals surface area contributed by atoms with E-state index in [1.165, 1.54) is 0 Å². The Morgan fingerprint density at radius 2 is 2.00 bits per heavy atom. The van der Waals surface area contributed by atoms with Crippen molar-refractivity contribution in [1.29, 1.82) is 0 Å². The van der Waals surface area contributed by atoms with Crippen molar-refractivity contribution >= 4 is 9.84 Å². The minimum absolute atomic E-state index is 0.199. The van der Waals surface area contributed by atoms with Crippen LogP contribution in [0.25, 0.3) is 0 Å². The van der Waals surface area contributed by atoms with Crippen LogP contribution in [0.1, 0.15) is 26.7 Å². The Morgan fingerprint density at radius 3 is 2.33 bits per heavy atom. The lowest BCUT2D eigenvalue weighted by atomic mass is 9.97. The Bertz CT molecular complexity index is 256. The van der Waals surface area contributed by atoms with Crippen molar-refractivity contribution < 1.29 is 8.42 Å². The molecule has 1 rings (SSSR count). The summed E-state index contributed by atoms with van der Waals surface area (Å²) in [7, 11) is -1.01. The molecule has 0 saturated carbocycles. The number of rotatable bonds is 2. The summed E-state index contributed by atoms with van der Waals surface area (Å²) in [5.74, 6) is 0.364. The fraction of sp³-hybridized carbons (Fsp3) is 1.00. The number of hydrogen-bond donors (Lipinski definition) is 1. The van der Waals surface area contributed by atoms with E-state index in [0.29, 0.717) is 5.75 Å². The molecule has 1 aliphatic rings. The van der Waals surface area contributed by atoms with Crippen molar-refractivity contribution in [2.75, 3.05) is 12.8 Å². The molecule has 12 heavy (non-hydrogen) atoms. The Balaban J connectivity index is 2.90. The Hall–Kier alpha value is -0.0900. The van der Waals surface area contributed by atoms with Gasteiger partial charge in [0.1, 0.15) is 0 Å². The molecule has 0 aliphatic carbocycles. The molecule has 0 amide bonds. The topological polar surface area (TPSA) is 46.2 Å². The first-order valence-electron chi connectivity index (χ1n) is 4.30. The molecule has 1 N–H and O–H groups in total. The van der Waals surface area contributed by atoms with Gasteiger partial charge in [0.2, 0.25) is 0 Å². The normalized spacial score (nSPS) is 29.1. The predicted octanol–water partition coefficient (Wildman–Crippen LogP) is 0.562. The number of nitrogens with one attached hydrogen (secondary N) is 1. The highest BCUT2D eigenvalue weighted by Crippen LogP contribution is 2.28. The lowest BCUT2D eigenvalue weighted by molar-refractivity contribution is 0.389. The zero-order valence-electron chi connectivity index (χ0n) is 7.92. The minimum atomic E-state index is -2.82. The molecule has 1 unspecified atom stereocenters. The largest absolute Gasteiger partial charge is 0.314 e. The van der Waals surface area contributed by atoms with E-state index < -0.39 is 9.84 Å². The van der Waals surface area contributed by atoms with Crippen LogP contribution in [0.2, 0.25) is 0 Å². The molecule has 1 aliphatic heterocycles. The van der Waals surface area contributed by atoms with Crippen molar-refractivity contribution in [3.63, 3.8) is 0 Å². The summed E-state index contributed by atoms with van der Waals surface area (Å²) in [6, 6.07) is 0. The van der Waals surface area contributed by atoms with Gasteiger partial charge in [-0.05, 0) is 33.7 Å². The van der Waals surface area contributed by atoms with Crippen molar-refractivity contribution in [3.8, 4) is 0 Å². The van der Waals surface area contributed by atoms with E-state index in [-0.39, 0.29) is 10.8 Å². The monoisotopic (exact) mass is 191 g/mol. The van der Waals surface area contributed by atoms with Crippen LogP contribution in [0.3, 0.4) is 0 Å². The van der Waals surface area contributed by atoms with Crippen molar-refractivity contribution in [2.45, 2.75) is 37.5 Å². The lowest BCUT2D eigenvalue weighted by Gasteiger charge is -2.30. The summed E-state index contributed by atoms with van der Waals surface area (Å²) >= 11 is 0. The minimum Gasteiger partial charge on any atom is -0.314 e. The van der Waals surface area contributed by atoms with E-state index >= 15 is 0 Å². The van der Waals surface area contributed by atoms with Gasteiger partial charge in [-0.2, -0.15) is 0 Å². The van der Waals surface area contributed by atoms with E-state index in [2.05, 4.69) is 5.32 Å². The van der Waals surface area contributed by atoms with Gasteiger partial charge in [-0.25, -0.2) is 8.42 Å². The smallest absolute Gasteiger partial charge is 0.154 e. The maximum absolute atomic E-state index is 11.5. The number of hydrogen-bond acceptors (Lipinski definition) is 3. The molecule has 0 bridgehead atoms. The number of sulfone groups is 1. The van der Waals surface area contributed by atoms with Gasteiger partial charge in [-0.3, -0.25) is 0 Å². The van der Waals surface area contributed by atoms with Crippen LogP contribution in [0.15, 0.2) is 0 Å². The summed E-state index contributed by atoms with van der Waals surface area (Å²) in [6.07, 6.45) is 1.62. The molecular weight excluding hydrogens is 174 g/mol. The summed E-state index contributed by atoms with van der Waals surface area (Å²) in [6.45, 7) is 3.89. The van der Waals surface area contributed by atoms with Gasteiger partial charge in [0, 0.05) is 5.54 Å². The fourth-order valence-corrected chi connectivity index (χ4v) is 4.16. The molecule has 1 saturated heterocycles. The van der Waals surface area contributed by atoms with E-state index in [4.69, 9.17) is 0 Å². The molecule has 0 radical (unpaired) electrons. The Labute approximate surface area is 74.5 Å². The van der Waals surface area contributed by atoms with Crippen LogP contribution < -0.4 is 5.32 Å². The van der Waals surface area contributed by atoms with Gasteiger partial charge in [-0.15, -0.1) is 0 Å². The molecule has 3 nitrogen and oxygen atoms in total. The van der Waals surface area contributed by atoms with Crippen molar-refractivity contribution in [3.05, 3.63) is 0 Å². The molecule has 0 spiro atoms. The molecule has 0 aromatic rings. The Kier molecular flexibility index (Phi) is 2.50. The first kappa shape index (κ1) is 9.99. The molecule has 0 aromatic carbocycles. The van der Waals surface area contributed by atoms with Crippen molar-refractivity contribution in [1.82, 2.24) is 5.32 Å². The SMILES string of the molecule is CNC(C)(C)C1CCCS1(=O)=O. The Morgan fingerprint density at radius 1 is 1.42 bits per heavy atom. The van der Waals surface area contributed by atoms with Crippen LogP contribution in [-0.2, 0) is 9.84 Å². The molecule has 1 fully saturated rings. The van der Waals surface area contributed by atoms with Crippen LogP contribution in [-0.4, -0.2) is 32.0 Å². The summed E-state index contributed by atoms with van der Waals surface area (Å²) in [4.78, 5) is 0. The van der Waals surface area contributed by atoms with E-state index in [9.17, 15) is 8.42 Å². The molecule has 0 aromatic heterocycles. The summed E-state index contributed by atoms with van der Waals surface area (Å²) < 4.78 is 23.1. The first-order chi connectivity index (χ1) is 5.40. The fourth-order valence-electron chi connectivity index (χ4n) is 1.76. The second-order valence-corrected chi connectivity index (χ2v) is 6.27. The average molecular weight is 191 g/mol. The third kappa shape index (κ3) is 1.64. The maximum Gasteiger partial charge on any atom is 0.154 e. The maximum atomic E-state index is 11.5. The van der Waals surface area contributed by atoms with Gasteiger partial charge >= 0.3 is 0 Å². The summed E-state index contributed by atoms with van der Waals surface area (Å²) in [5, 5.41) is 2.86. The van der Waals surface area contributed by atoms with E-state index in [1.54, 1.807) is 0 Å². The van der Waals surface area contributed by atoms with Crippen LogP contribution in [0.4, 0.5) is 0 Å². The summed E-state index contributed by atoms with van der Waals surface area (Å²) in [5.41, 5.74) is -0.282. The molecule has 72 valence electrons. The van der Waals surface area contributed by atoms with Crippen LogP contribution >= 0.6 is 0 Å². The van der Waals surface area contributed by atoms with E-state index in [0.717, 1.165) is 12.8 Å². The van der Waals surface area contributed by atoms with Crippen molar-refractivity contribution in [2.24, 2.45) is 0 Å².